The predicted octanol–water partition coefficient (Wildman–Crippen LogP) is 1.14. The molecular weight excluding hydrogens is 316 g/mol. The van der Waals surface area contributed by atoms with Crippen LogP contribution in [0.15, 0.2) is 30.6 Å². The van der Waals surface area contributed by atoms with Crippen molar-refractivity contribution in [1.29, 1.82) is 5.26 Å². The van der Waals surface area contributed by atoms with E-state index >= 15 is 0 Å². The largest absolute Gasteiger partial charge is 0.366 e. The summed E-state index contributed by atoms with van der Waals surface area (Å²) in [5.41, 5.74) is 0.705. The molecule has 0 atom stereocenters. The minimum absolute atomic E-state index is 0.0627. The highest BCUT2D eigenvalue weighted by molar-refractivity contribution is 7.92. The SMILES string of the molecule is CCN(c1ncccc1CNc1ccnc(C#N)n1)S(C)(=O)=O. The smallest absolute Gasteiger partial charge is 0.234 e. The average molecular weight is 332 g/mol. The number of anilines is 2. The van der Waals surface area contributed by atoms with Gasteiger partial charge in [-0.1, -0.05) is 6.07 Å². The van der Waals surface area contributed by atoms with Gasteiger partial charge >= 0.3 is 0 Å². The summed E-state index contributed by atoms with van der Waals surface area (Å²) in [6, 6.07) is 7.01. The maximum Gasteiger partial charge on any atom is 0.234 e. The van der Waals surface area contributed by atoms with Gasteiger partial charge in [0.05, 0.1) is 6.26 Å². The van der Waals surface area contributed by atoms with E-state index in [0.717, 1.165) is 6.26 Å². The molecule has 1 N–H and O–H groups in total. The fourth-order valence-corrected chi connectivity index (χ4v) is 2.98. The van der Waals surface area contributed by atoms with E-state index in [1.165, 1.54) is 10.5 Å². The minimum Gasteiger partial charge on any atom is -0.366 e. The maximum absolute atomic E-state index is 11.9. The van der Waals surface area contributed by atoms with E-state index in [1.807, 2.05) is 6.07 Å². The van der Waals surface area contributed by atoms with Crippen LogP contribution in [0.25, 0.3) is 0 Å². The van der Waals surface area contributed by atoms with Crippen LogP contribution < -0.4 is 9.62 Å². The Hall–Kier alpha value is -2.73. The normalized spacial score (nSPS) is 10.8. The number of nitrogens with one attached hydrogen (secondary N) is 1. The number of pyridine rings is 1. The first-order valence-electron chi connectivity index (χ1n) is 6.84. The Kier molecular flexibility index (Phi) is 5.08. The van der Waals surface area contributed by atoms with Gasteiger partial charge in [0.15, 0.2) is 0 Å². The van der Waals surface area contributed by atoms with Crippen molar-refractivity contribution >= 4 is 21.7 Å². The Morgan fingerprint density at radius 2 is 2.09 bits per heavy atom. The Labute approximate surface area is 134 Å². The van der Waals surface area contributed by atoms with Gasteiger partial charge in [-0.3, -0.25) is 4.31 Å². The molecule has 0 saturated heterocycles. The molecule has 2 aromatic heterocycles. The summed E-state index contributed by atoms with van der Waals surface area (Å²) in [7, 11) is -3.41. The van der Waals surface area contributed by atoms with Crippen LogP contribution in [0.5, 0.6) is 0 Å². The second-order valence-electron chi connectivity index (χ2n) is 4.64. The van der Waals surface area contributed by atoms with Crippen molar-refractivity contribution in [3.8, 4) is 6.07 Å². The summed E-state index contributed by atoms with van der Waals surface area (Å²) in [5, 5.41) is 11.8. The van der Waals surface area contributed by atoms with Crippen molar-refractivity contribution < 1.29 is 8.42 Å². The lowest BCUT2D eigenvalue weighted by molar-refractivity contribution is 0.597. The van der Waals surface area contributed by atoms with Gasteiger partial charge in [-0.25, -0.2) is 23.4 Å². The lowest BCUT2D eigenvalue weighted by Crippen LogP contribution is -2.31. The minimum atomic E-state index is -3.41. The molecule has 9 heteroatoms. The quantitative estimate of drug-likeness (QED) is 0.844. The van der Waals surface area contributed by atoms with Crippen LogP contribution in [0.4, 0.5) is 11.6 Å². The standard InChI is InChI=1S/C14H16N6O2S/c1-3-20(23(2,21)22)14-11(5-4-7-17-14)10-18-12-6-8-16-13(9-15)19-12/h4-8H,3,10H2,1-2H3,(H,16,18,19). The van der Waals surface area contributed by atoms with Gasteiger partial charge < -0.3 is 5.32 Å². The van der Waals surface area contributed by atoms with Crippen LogP contribution in [-0.2, 0) is 16.6 Å². The highest BCUT2D eigenvalue weighted by Crippen LogP contribution is 2.20. The maximum atomic E-state index is 11.9. The fourth-order valence-electron chi connectivity index (χ4n) is 2.03. The molecule has 23 heavy (non-hydrogen) atoms. The first kappa shape index (κ1) is 16.6. The lowest BCUT2D eigenvalue weighted by atomic mass is 10.2. The Balaban J connectivity index is 2.26. The first-order valence-corrected chi connectivity index (χ1v) is 8.69. The zero-order valence-corrected chi connectivity index (χ0v) is 13.6. The Morgan fingerprint density at radius 1 is 1.30 bits per heavy atom. The van der Waals surface area contributed by atoms with Crippen molar-refractivity contribution in [1.82, 2.24) is 15.0 Å². The molecule has 0 fully saturated rings. The molecule has 2 rings (SSSR count). The topological polar surface area (TPSA) is 112 Å². The molecule has 0 bridgehead atoms. The van der Waals surface area contributed by atoms with Crippen molar-refractivity contribution in [3.05, 3.63) is 42.0 Å². The molecule has 0 spiro atoms. The van der Waals surface area contributed by atoms with Gasteiger partial charge in [-0.2, -0.15) is 5.26 Å². The highest BCUT2D eigenvalue weighted by Gasteiger charge is 2.19. The van der Waals surface area contributed by atoms with Crippen LogP contribution in [0.3, 0.4) is 0 Å². The number of nitrogens with zero attached hydrogens (tertiary/aromatic N) is 5. The molecule has 120 valence electrons. The van der Waals surface area contributed by atoms with E-state index in [1.54, 1.807) is 31.3 Å². The summed E-state index contributed by atoms with van der Waals surface area (Å²) < 4.78 is 25.0. The third-order valence-corrected chi connectivity index (χ3v) is 4.24. The average Bonchev–Trinajstić information content (AvgIpc) is 2.53. The zero-order valence-electron chi connectivity index (χ0n) is 12.8. The van der Waals surface area contributed by atoms with Crippen molar-refractivity contribution in [2.24, 2.45) is 0 Å². The molecule has 0 aromatic carbocycles. The molecule has 2 heterocycles. The zero-order chi connectivity index (χ0) is 16.9. The van der Waals surface area contributed by atoms with E-state index < -0.39 is 10.0 Å². The summed E-state index contributed by atoms with van der Waals surface area (Å²) in [5.74, 6) is 0.918. The van der Waals surface area contributed by atoms with Gasteiger partial charge in [0, 0.05) is 31.0 Å². The van der Waals surface area contributed by atoms with Gasteiger partial charge in [0.2, 0.25) is 15.8 Å². The van der Waals surface area contributed by atoms with E-state index in [0.29, 0.717) is 23.7 Å². The monoisotopic (exact) mass is 332 g/mol. The summed E-state index contributed by atoms with van der Waals surface area (Å²) >= 11 is 0. The third-order valence-electron chi connectivity index (χ3n) is 3.01. The van der Waals surface area contributed by atoms with E-state index in [9.17, 15) is 8.42 Å². The van der Waals surface area contributed by atoms with Crippen LogP contribution >= 0.6 is 0 Å². The van der Waals surface area contributed by atoms with E-state index in [4.69, 9.17) is 5.26 Å². The molecule has 0 unspecified atom stereocenters. The van der Waals surface area contributed by atoms with E-state index in [-0.39, 0.29) is 12.4 Å². The van der Waals surface area contributed by atoms with Gasteiger partial charge in [-0.15, -0.1) is 0 Å². The number of aromatic nitrogens is 3. The van der Waals surface area contributed by atoms with Crippen molar-refractivity contribution in [3.63, 3.8) is 0 Å². The number of hydrogen-bond donors (Lipinski definition) is 1. The Bertz CT molecular complexity index is 831. The third kappa shape index (κ3) is 4.14. The molecule has 0 radical (unpaired) electrons. The molecule has 2 aromatic rings. The van der Waals surface area contributed by atoms with E-state index in [2.05, 4.69) is 20.3 Å². The van der Waals surface area contributed by atoms with Gasteiger partial charge in [0.1, 0.15) is 17.7 Å². The lowest BCUT2D eigenvalue weighted by Gasteiger charge is -2.22. The molecular formula is C14H16N6O2S. The van der Waals surface area contributed by atoms with Crippen LogP contribution in [0, 0.1) is 11.3 Å². The van der Waals surface area contributed by atoms with Gasteiger partial charge in [-0.05, 0) is 19.1 Å². The second kappa shape index (κ2) is 7.02. The first-order chi connectivity index (χ1) is 11.0. The molecule has 0 aliphatic heterocycles. The van der Waals surface area contributed by atoms with Crippen LogP contribution in [0.2, 0.25) is 0 Å². The molecule has 0 amide bonds. The van der Waals surface area contributed by atoms with Crippen molar-refractivity contribution in [2.45, 2.75) is 13.5 Å². The summed E-state index contributed by atoms with van der Waals surface area (Å²) in [6.07, 6.45) is 4.17. The number of hydrogen-bond acceptors (Lipinski definition) is 7. The highest BCUT2D eigenvalue weighted by atomic mass is 32.2. The molecule has 8 nitrogen and oxygen atoms in total. The number of rotatable bonds is 6. The summed E-state index contributed by atoms with van der Waals surface area (Å²) in [6.45, 7) is 2.35. The predicted molar refractivity (Wildman–Crippen MR) is 86.2 cm³/mol. The molecule has 0 saturated carbocycles. The second-order valence-corrected chi connectivity index (χ2v) is 6.55. The van der Waals surface area contributed by atoms with Crippen LogP contribution in [0.1, 0.15) is 18.3 Å². The van der Waals surface area contributed by atoms with Crippen molar-refractivity contribution in [2.75, 3.05) is 22.4 Å². The molecule has 0 aliphatic rings. The Morgan fingerprint density at radius 3 is 2.74 bits per heavy atom. The molecule has 0 aliphatic carbocycles. The fraction of sp³-hybridized carbons (Fsp3) is 0.286. The van der Waals surface area contributed by atoms with Crippen LogP contribution in [-0.4, -0.2) is 36.2 Å². The van der Waals surface area contributed by atoms with Gasteiger partial charge in [0.25, 0.3) is 0 Å². The summed E-state index contributed by atoms with van der Waals surface area (Å²) in [4.78, 5) is 12.0. The number of nitriles is 1. The number of sulfonamides is 1.